The molecule has 0 aliphatic heterocycles. The summed E-state index contributed by atoms with van der Waals surface area (Å²) in [6.07, 6.45) is 4.32. The fourth-order valence-corrected chi connectivity index (χ4v) is 2.64. The van der Waals surface area contributed by atoms with Crippen LogP contribution in [0.15, 0.2) is 0 Å². The van der Waals surface area contributed by atoms with Gasteiger partial charge in [0.2, 0.25) is 0 Å². The van der Waals surface area contributed by atoms with Crippen molar-refractivity contribution in [3.05, 3.63) is 0 Å². The summed E-state index contributed by atoms with van der Waals surface area (Å²) in [7, 11) is -6.63. The molecule has 0 spiro atoms. The Balaban J connectivity index is 0. The van der Waals surface area contributed by atoms with E-state index in [4.69, 9.17) is 8.37 Å². The lowest BCUT2D eigenvalue weighted by atomic mass is 10.2. The predicted molar refractivity (Wildman–Crippen MR) is 94.0 cm³/mol. The average molecular weight is 396 g/mol. The van der Waals surface area contributed by atoms with Crippen LogP contribution in [0, 0.1) is 0 Å². The van der Waals surface area contributed by atoms with E-state index in [0.717, 1.165) is 38.8 Å². The third kappa shape index (κ3) is 16.7. The van der Waals surface area contributed by atoms with Crippen molar-refractivity contribution in [1.29, 1.82) is 0 Å². The third-order valence-electron chi connectivity index (χ3n) is 2.98. The fourth-order valence-electron chi connectivity index (χ4n) is 1.57. The van der Waals surface area contributed by atoms with Crippen LogP contribution in [0.4, 0.5) is 0 Å². The molecule has 23 heavy (non-hydrogen) atoms. The molecule has 0 aliphatic carbocycles. The first-order valence-corrected chi connectivity index (χ1v) is 10.9. The summed E-state index contributed by atoms with van der Waals surface area (Å²) in [6, 6.07) is 0. The van der Waals surface area contributed by atoms with E-state index in [-0.39, 0.29) is 37.1 Å². The molecule has 0 fully saturated rings. The highest BCUT2D eigenvalue weighted by Crippen LogP contribution is 2.02. The van der Waals surface area contributed by atoms with Gasteiger partial charge in [-0.3, -0.25) is 8.37 Å². The zero-order chi connectivity index (χ0) is 16.9. The van der Waals surface area contributed by atoms with Gasteiger partial charge >= 0.3 is 0 Å². The smallest absolute Gasteiger partial charge is 0.267 e. The molecular formula is C13H30ClNO6S2. The maximum atomic E-state index is 11.1. The van der Waals surface area contributed by atoms with Crippen molar-refractivity contribution in [2.45, 2.75) is 46.0 Å². The molecule has 0 aromatic heterocycles. The second kappa shape index (κ2) is 14.4. The van der Waals surface area contributed by atoms with Gasteiger partial charge in [-0.1, -0.05) is 12.8 Å². The molecule has 0 heterocycles. The van der Waals surface area contributed by atoms with Crippen LogP contribution in [0.25, 0.3) is 0 Å². The molecule has 0 bridgehead atoms. The zero-order valence-electron chi connectivity index (χ0n) is 14.0. The lowest BCUT2D eigenvalue weighted by Gasteiger charge is -2.06. The standard InChI is InChI=1S/C13H29NO6S2.ClH/c1-3-21(15,16)19-12-8-6-5-7-10-14-11-9-13-20-22(17,18)4-2;/h14H,3-13H2,1-2H3;1H. The van der Waals surface area contributed by atoms with Gasteiger partial charge in [-0.15, -0.1) is 12.4 Å². The lowest BCUT2D eigenvalue weighted by Crippen LogP contribution is -2.19. The maximum Gasteiger partial charge on any atom is 0.267 e. The van der Waals surface area contributed by atoms with Crippen LogP contribution in [0.2, 0.25) is 0 Å². The summed E-state index contributed by atoms with van der Waals surface area (Å²) in [5.41, 5.74) is 0. The predicted octanol–water partition coefficient (Wildman–Crippen LogP) is 1.68. The molecule has 0 aromatic carbocycles. The van der Waals surface area contributed by atoms with Gasteiger partial charge < -0.3 is 5.32 Å². The summed E-state index contributed by atoms with van der Waals surface area (Å²) in [5, 5.41) is 3.21. The minimum absolute atomic E-state index is 0. The van der Waals surface area contributed by atoms with Crippen LogP contribution in [0.5, 0.6) is 0 Å². The van der Waals surface area contributed by atoms with Crippen molar-refractivity contribution in [2.75, 3.05) is 37.8 Å². The van der Waals surface area contributed by atoms with Crippen molar-refractivity contribution in [3.8, 4) is 0 Å². The second-order valence-corrected chi connectivity index (χ2v) is 8.71. The maximum absolute atomic E-state index is 11.1. The molecular weight excluding hydrogens is 366 g/mol. The van der Waals surface area contributed by atoms with E-state index in [1.165, 1.54) is 0 Å². The van der Waals surface area contributed by atoms with E-state index < -0.39 is 20.2 Å². The molecule has 0 saturated carbocycles. The van der Waals surface area contributed by atoms with Crippen molar-refractivity contribution in [3.63, 3.8) is 0 Å². The first kappa shape index (κ1) is 25.3. The highest BCUT2D eigenvalue weighted by molar-refractivity contribution is 7.86. The van der Waals surface area contributed by atoms with E-state index in [1.54, 1.807) is 13.8 Å². The fraction of sp³-hybridized carbons (Fsp3) is 1.00. The van der Waals surface area contributed by atoms with Crippen LogP contribution >= 0.6 is 12.4 Å². The second-order valence-electron chi connectivity index (χ2n) is 4.85. The highest BCUT2D eigenvalue weighted by atomic mass is 35.5. The van der Waals surface area contributed by atoms with Crippen LogP contribution in [-0.2, 0) is 28.6 Å². The molecule has 0 saturated heterocycles. The van der Waals surface area contributed by atoms with Gasteiger partial charge in [0, 0.05) is 0 Å². The number of unbranched alkanes of at least 4 members (excludes halogenated alkanes) is 3. The van der Waals surface area contributed by atoms with Gasteiger partial charge in [0.15, 0.2) is 0 Å². The van der Waals surface area contributed by atoms with E-state index in [9.17, 15) is 16.8 Å². The Kier molecular flexibility index (Phi) is 15.9. The largest absolute Gasteiger partial charge is 0.317 e. The number of halogens is 1. The molecule has 0 rings (SSSR count). The normalized spacial score (nSPS) is 12.1. The van der Waals surface area contributed by atoms with Gasteiger partial charge in [0.05, 0.1) is 24.7 Å². The molecule has 0 aliphatic rings. The molecule has 7 nitrogen and oxygen atoms in total. The van der Waals surface area contributed by atoms with Gasteiger partial charge in [-0.05, 0) is 46.2 Å². The summed E-state index contributed by atoms with van der Waals surface area (Å²) >= 11 is 0. The van der Waals surface area contributed by atoms with Gasteiger partial charge in [0.1, 0.15) is 0 Å². The van der Waals surface area contributed by atoms with Crippen LogP contribution in [-0.4, -0.2) is 54.6 Å². The highest BCUT2D eigenvalue weighted by Gasteiger charge is 2.06. The third-order valence-corrected chi connectivity index (χ3v) is 5.44. The van der Waals surface area contributed by atoms with Gasteiger partial charge in [-0.25, -0.2) is 0 Å². The average Bonchev–Trinajstić information content (AvgIpc) is 2.48. The molecule has 0 amide bonds. The number of nitrogens with one attached hydrogen (secondary N) is 1. The Morgan fingerprint density at radius 2 is 1.13 bits per heavy atom. The van der Waals surface area contributed by atoms with E-state index in [0.29, 0.717) is 6.42 Å². The number of rotatable bonds is 15. The molecule has 1 N–H and O–H groups in total. The SMILES string of the molecule is CCS(=O)(=O)OCCCCCCNCCCOS(=O)(=O)CC.Cl. The Morgan fingerprint density at radius 1 is 0.696 bits per heavy atom. The van der Waals surface area contributed by atoms with E-state index >= 15 is 0 Å². The quantitative estimate of drug-likeness (QED) is 0.332. The summed E-state index contributed by atoms with van der Waals surface area (Å²) < 4.78 is 53.8. The van der Waals surface area contributed by atoms with Crippen LogP contribution in [0.3, 0.4) is 0 Å². The minimum Gasteiger partial charge on any atom is -0.317 e. The Hall–Kier alpha value is 0.0700. The summed E-state index contributed by atoms with van der Waals surface area (Å²) in [6.45, 7) is 5.16. The van der Waals surface area contributed by atoms with Crippen LogP contribution < -0.4 is 5.32 Å². The molecule has 0 unspecified atom stereocenters. The Morgan fingerprint density at radius 3 is 1.65 bits per heavy atom. The van der Waals surface area contributed by atoms with Crippen LogP contribution in [0.1, 0.15) is 46.0 Å². The molecule has 10 heteroatoms. The Labute approximate surface area is 147 Å². The number of hydrogen-bond donors (Lipinski definition) is 1. The molecule has 0 radical (unpaired) electrons. The topological polar surface area (TPSA) is 98.8 Å². The summed E-state index contributed by atoms with van der Waals surface area (Å²) in [5.74, 6) is 0.0177. The van der Waals surface area contributed by atoms with Gasteiger partial charge in [0.25, 0.3) is 20.2 Å². The van der Waals surface area contributed by atoms with Crippen molar-refractivity contribution in [2.24, 2.45) is 0 Å². The monoisotopic (exact) mass is 395 g/mol. The van der Waals surface area contributed by atoms with Crippen molar-refractivity contribution < 1.29 is 25.2 Å². The van der Waals surface area contributed by atoms with Gasteiger partial charge in [-0.2, -0.15) is 16.8 Å². The zero-order valence-corrected chi connectivity index (χ0v) is 16.4. The minimum atomic E-state index is -3.32. The first-order valence-electron chi connectivity index (χ1n) is 7.78. The van der Waals surface area contributed by atoms with Crippen molar-refractivity contribution in [1.82, 2.24) is 5.32 Å². The first-order chi connectivity index (χ1) is 10.3. The number of hydrogen-bond acceptors (Lipinski definition) is 7. The molecule has 0 atom stereocenters. The van der Waals surface area contributed by atoms with E-state index in [1.807, 2.05) is 0 Å². The van der Waals surface area contributed by atoms with Crippen molar-refractivity contribution >= 4 is 32.6 Å². The van der Waals surface area contributed by atoms with E-state index in [2.05, 4.69) is 5.32 Å². The molecule has 142 valence electrons. The Bertz CT molecular complexity index is 423. The lowest BCUT2D eigenvalue weighted by molar-refractivity contribution is 0.305. The molecule has 0 aromatic rings. The summed E-state index contributed by atoms with van der Waals surface area (Å²) in [4.78, 5) is 0.